The molecule has 14 heavy (non-hydrogen) atoms. The number of rotatable bonds is 5. The average molecular weight is 204 g/mol. The van der Waals surface area contributed by atoms with Gasteiger partial charge in [-0.05, 0) is 13.3 Å². The fourth-order valence-electron chi connectivity index (χ4n) is 0.639. The van der Waals surface area contributed by atoms with Crippen molar-refractivity contribution >= 4 is 11.9 Å². The highest BCUT2D eigenvalue weighted by Gasteiger charge is 2.26. The molecule has 0 saturated heterocycles. The Morgan fingerprint density at radius 1 is 1.57 bits per heavy atom. The zero-order valence-electron chi connectivity index (χ0n) is 8.28. The average Bonchev–Trinajstić information content (AvgIpc) is 2.13. The molecule has 0 spiro atoms. The molecule has 6 heteroatoms. The topological polar surface area (TPSA) is 113 Å². The Morgan fingerprint density at radius 2 is 2.07 bits per heavy atom. The molecule has 2 unspecified atom stereocenters. The zero-order chi connectivity index (χ0) is 11.4. The largest absolute Gasteiger partial charge is 0.479 e. The number of carboxylic acid groups (broad SMARTS) is 1. The van der Waals surface area contributed by atoms with E-state index < -0.39 is 23.5 Å². The number of aliphatic carboxylic acids is 1. The van der Waals surface area contributed by atoms with E-state index in [0.717, 1.165) is 0 Å². The van der Waals surface area contributed by atoms with E-state index in [-0.39, 0.29) is 6.54 Å². The van der Waals surface area contributed by atoms with Crippen molar-refractivity contribution in [3.05, 3.63) is 0 Å². The van der Waals surface area contributed by atoms with Crippen LogP contribution in [0.1, 0.15) is 20.3 Å². The Balaban J connectivity index is 4.03. The van der Waals surface area contributed by atoms with Gasteiger partial charge in [0.1, 0.15) is 0 Å². The van der Waals surface area contributed by atoms with Crippen molar-refractivity contribution in [1.29, 1.82) is 0 Å². The molecule has 0 fully saturated rings. The van der Waals surface area contributed by atoms with E-state index in [1.54, 1.807) is 6.92 Å². The highest BCUT2D eigenvalue weighted by Crippen LogP contribution is 2.03. The number of carbonyl (C=O) groups excluding carboxylic acids is 1. The van der Waals surface area contributed by atoms with E-state index in [2.05, 4.69) is 5.32 Å². The first kappa shape index (κ1) is 12.9. The first-order valence-corrected chi connectivity index (χ1v) is 4.29. The van der Waals surface area contributed by atoms with E-state index in [9.17, 15) is 9.59 Å². The molecule has 0 saturated carbocycles. The summed E-state index contributed by atoms with van der Waals surface area (Å²) >= 11 is 0. The molecule has 0 radical (unpaired) electrons. The van der Waals surface area contributed by atoms with Gasteiger partial charge < -0.3 is 21.3 Å². The second kappa shape index (κ2) is 4.92. The first-order valence-electron chi connectivity index (χ1n) is 4.29. The van der Waals surface area contributed by atoms with Crippen molar-refractivity contribution in [3.8, 4) is 0 Å². The predicted molar refractivity (Wildman–Crippen MR) is 49.5 cm³/mol. The number of aliphatic hydroxyl groups excluding tert-OH is 1. The van der Waals surface area contributed by atoms with E-state index in [1.807, 2.05) is 0 Å². The lowest BCUT2D eigenvalue weighted by Gasteiger charge is -2.21. The summed E-state index contributed by atoms with van der Waals surface area (Å²) < 4.78 is 0. The summed E-state index contributed by atoms with van der Waals surface area (Å²) in [6, 6.07) is 0. The summed E-state index contributed by atoms with van der Waals surface area (Å²) in [7, 11) is 0. The second-order valence-corrected chi connectivity index (χ2v) is 3.34. The van der Waals surface area contributed by atoms with E-state index >= 15 is 0 Å². The maximum absolute atomic E-state index is 11.3. The molecule has 0 aromatic carbocycles. The van der Waals surface area contributed by atoms with Gasteiger partial charge in [0.05, 0.1) is 12.1 Å². The van der Waals surface area contributed by atoms with E-state index in [4.69, 9.17) is 15.9 Å². The number of nitrogens with one attached hydrogen (secondary N) is 1. The highest BCUT2D eigenvalue weighted by atomic mass is 16.4. The van der Waals surface area contributed by atoms with Gasteiger partial charge in [0.2, 0.25) is 5.91 Å². The summed E-state index contributed by atoms with van der Waals surface area (Å²) in [5.41, 5.74) is 4.55. The zero-order valence-corrected chi connectivity index (χ0v) is 8.28. The first-order chi connectivity index (χ1) is 6.31. The lowest BCUT2D eigenvalue weighted by molar-refractivity contribution is -0.146. The molecule has 0 aliphatic heterocycles. The van der Waals surface area contributed by atoms with Crippen LogP contribution in [-0.4, -0.2) is 40.3 Å². The summed E-state index contributed by atoms with van der Waals surface area (Å²) in [6.07, 6.45) is -1.16. The van der Waals surface area contributed by atoms with Crippen LogP contribution in [0.4, 0.5) is 0 Å². The van der Waals surface area contributed by atoms with Crippen LogP contribution in [0.25, 0.3) is 0 Å². The molecule has 0 aliphatic carbocycles. The monoisotopic (exact) mass is 204 g/mol. The Bertz CT molecular complexity index is 227. The minimum Gasteiger partial charge on any atom is -0.479 e. The smallest absolute Gasteiger partial charge is 0.334 e. The maximum atomic E-state index is 11.3. The van der Waals surface area contributed by atoms with Crippen molar-refractivity contribution in [2.24, 2.45) is 5.73 Å². The third-order valence-electron chi connectivity index (χ3n) is 1.99. The van der Waals surface area contributed by atoms with Crippen molar-refractivity contribution in [2.75, 3.05) is 6.54 Å². The number of nitrogens with two attached hydrogens (primary N) is 1. The van der Waals surface area contributed by atoms with Crippen LogP contribution in [0.5, 0.6) is 0 Å². The Labute approximate surface area is 82.1 Å². The normalized spacial score (nSPS) is 16.9. The van der Waals surface area contributed by atoms with Crippen LogP contribution in [0.15, 0.2) is 0 Å². The fraction of sp³-hybridized carbons (Fsp3) is 0.750. The predicted octanol–water partition coefficient (Wildman–Crippen LogP) is -1.32. The molecule has 0 rings (SSSR count). The van der Waals surface area contributed by atoms with Gasteiger partial charge in [-0.3, -0.25) is 4.79 Å². The molecular weight excluding hydrogens is 188 g/mol. The number of carboxylic acids is 1. The number of hydrogen-bond acceptors (Lipinski definition) is 4. The van der Waals surface area contributed by atoms with Gasteiger partial charge in [-0.2, -0.15) is 0 Å². The molecular formula is C8H16N2O4. The quantitative estimate of drug-likeness (QED) is 0.443. The minimum atomic E-state index is -1.59. The molecule has 5 N–H and O–H groups in total. The van der Waals surface area contributed by atoms with Crippen LogP contribution in [0.2, 0.25) is 0 Å². The maximum Gasteiger partial charge on any atom is 0.334 e. The lowest BCUT2D eigenvalue weighted by atomic mass is 9.99. The van der Waals surface area contributed by atoms with Gasteiger partial charge in [-0.1, -0.05) is 6.92 Å². The minimum absolute atomic E-state index is 0.332. The summed E-state index contributed by atoms with van der Waals surface area (Å²) in [5, 5.41) is 19.4. The molecule has 0 aromatic rings. The summed E-state index contributed by atoms with van der Waals surface area (Å²) in [6.45, 7) is 2.95. The second-order valence-electron chi connectivity index (χ2n) is 3.34. The van der Waals surface area contributed by atoms with Gasteiger partial charge in [-0.15, -0.1) is 0 Å². The van der Waals surface area contributed by atoms with Crippen LogP contribution in [0.3, 0.4) is 0 Å². The number of carbonyl (C=O) groups is 2. The van der Waals surface area contributed by atoms with Crippen molar-refractivity contribution < 1.29 is 19.8 Å². The van der Waals surface area contributed by atoms with E-state index in [1.165, 1.54) is 6.92 Å². The van der Waals surface area contributed by atoms with Crippen molar-refractivity contribution in [2.45, 2.75) is 31.9 Å². The van der Waals surface area contributed by atoms with Crippen LogP contribution in [0, 0.1) is 0 Å². The van der Waals surface area contributed by atoms with Gasteiger partial charge in [0.25, 0.3) is 0 Å². The fourth-order valence-corrected chi connectivity index (χ4v) is 0.639. The van der Waals surface area contributed by atoms with Crippen molar-refractivity contribution in [1.82, 2.24) is 5.32 Å². The molecule has 0 heterocycles. The summed E-state index contributed by atoms with van der Waals surface area (Å²) in [5.74, 6) is -1.85. The molecule has 0 aliphatic rings. The molecule has 1 amide bonds. The van der Waals surface area contributed by atoms with Gasteiger partial charge in [0.15, 0.2) is 6.10 Å². The van der Waals surface area contributed by atoms with Crippen LogP contribution < -0.4 is 11.1 Å². The molecule has 0 aromatic heterocycles. The number of aliphatic hydroxyl groups is 1. The third kappa shape index (κ3) is 3.71. The third-order valence-corrected chi connectivity index (χ3v) is 1.99. The highest BCUT2D eigenvalue weighted by molar-refractivity contribution is 5.86. The molecule has 0 bridgehead atoms. The SMILES string of the molecule is CCC(C)(N)C(=O)NCC(O)C(=O)O. The molecule has 2 atom stereocenters. The van der Waals surface area contributed by atoms with Crippen molar-refractivity contribution in [3.63, 3.8) is 0 Å². The van der Waals surface area contributed by atoms with Crippen LogP contribution in [-0.2, 0) is 9.59 Å². The standard InChI is InChI=1S/C8H16N2O4/c1-3-8(2,9)7(14)10-4-5(11)6(12)13/h5,11H,3-4,9H2,1-2H3,(H,10,14)(H,12,13). The molecule has 6 nitrogen and oxygen atoms in total. The van der Waals surface area contributed by atoms with Gasteiger partial charge in [-0.25, -0.2) is 4.79 Å². The lowest BCUT2D eigenvalue weighted by Crippen LogP contribution is -2.53. The summed E-state index contributed by atoms with van der Waals surface area (Å²) in [4.78, 5) is 21.5. The Hall–Kier alpha value is -1.14. The molecule has 82 valence electrons. The Kier molecular flexibility index (Phi) is 4.52. The van der Waals surface area contributed by atoms with Gasteiger partial charge >= 0.3 is 5.97 Å². The number of amides is 1. The number of hydrogen-bond donors (Lipinski definition) is 4. The van der Waals surface area contributed by atoms with E-state index in [0.29, 0.717) is 6.42 Å². The van der Waals surface area contributed by atoms with Gasteiger partial charge in [0, 0.05) is 0 Å². The Morgan fingerprint density at radius 3 is 2.43 bits per heavy atom. The van der Waals surface area contributed by atoms with Crippen LogP contribution >= 0.6 is 0 Å².